The van der Waals surface area contributed by atoms with Crippen LogP contribution in [-0.2, 0) is 30.5 Å². The number of anilines is 1. The van der Waals surface area contributed by atoms with Gasteiger partial charge in [0.05, 0.1) is 12.1 Å². The minimum atomic E-state index is -4.32. The van der Waals surface area contributed by atoms with E-state index in [0.717, 1.165) is 46.5 Å². The molecule has 1 fully saturated rings. The summed E-state index contributed by atoms with van der Waals surface area (Å²) < 4.78 is 44.1. The van der Waals surface area contributed by atoms with E-state index in [0.29, 0.717) is 26.1 Å². The Hall–Kier alpha value is -2.97. The first-order chi connectivity index (χ1) is 16.3. The Kier molecular flexibility index (Phi) is 6.27. The summed E-state index contributed by atoms with van der Waals surface area (Å²) in [6.45, 7) is 2.56. The van der Waals surface area contributed by atoms with E-state index in [1.807, 2.05) is 10.4 Å². The lowest BCUT2D eigenvalue weighted by molar-refractivity contribution is -0.137. The maximum absolute atomic E-state index is 13.1. The number of nitrogens with zero attached hydrogens (tertiary/aromatic N) is 2. The fourth-order valence-corrected chi connectivity index (χ4v) is 5.21. The van der Waals surface area contributed by atoms with Gasteiger partial charge in [0.2, 0.25) is 5.91 Å². The van der Waals surface area contributed by atoms with E-state index in [2.05, 4.69) is 52.1 Å². The van der Waals surface area contributed by atoms with E-state index < -0.39 is 11.7 Å². The molecule has 0 bridgehead atoms. The molecule has 0 radical (unpaired) electrons. The van der Waals surface area contributed by atoms with Crippen molar-refractivity contribution in [2.75, 3.05) is 18.0 Å². The number of carbonyl (C=O) groups is 1. The zero-order chi connectivity index (χ0) is 23.7. The van der Waals surface area contributed by atoms with Crippen LogP contribution in [0.2, 0.25) is 0 Å². The first kappa shape index (κ1) is 22.8. The standard InChI is InChI=1S/C26H24F3N3OS/c27-26(28,29)23-10-11-24-22(14-23)5-2-12-31(24)15-19-3-1-4-21(13-19)20-8-6-18(7-9-20)16-32-17-25(33)30-34-32/h1,3-4,6-11,13-14H,2,5,12,15-17H2,(H,30,33). The van der Waals surface area contributed by atoms with Crippen molar-refractivity contribution in [3.8, 4) is 11.1 Å². The summed E-state index contributed by atoms with van der Waals surface area (Å²) in [5.74, 6) is 0.0237. The van der Waals surface area contributed by atoms with Crippen LogP contribution in [0.5, 0.6) is 0 Å². The topological polar surface area (TPSA) is 35.6 Å². The predicted molar refractivity (Wildman–Crippen MR) is 129 cm³/mol. The van der Waals surface area contributed by atoms with Gasteiger partial charge in [-0.1, -0.05) is 42.5 Å². The maximum Gasteiger partial charge on any atom is 0.416 e. The Morgan fingerprint density at radius 1 is 0.912 bits per heavy atom. The molecule has 2 aliphatic heterocycles. The van der Waals surface area contributed by atoms with Gasteiger partial charge in [-0.25, -0.2) is 4.31 Å². The molecular weight excluding hydrogens is 459 g/mol. The fourth-order valence-electron chi connectivity index (χ4n) is 4.52. The maximum atomic E-state index is 13.1. The zero-order valence-electron chi connectivity index (χ0n) is 18.4. The lowest BCUT2D eigenvalue weighted by Gasteiger charge is -2.32. The molecule has 3 aromatic carbocycles. The average molecular weight is 484 g/mol. The van der Waals surface area contributed by atoms with Crippen LogP contribution >= 0.6 is 12.1 Å². The van der Waals surface area contributed by atoms with Gasteiger partial charge in [0.15, 0.2) is 0 Å². The highest BCUT2D eigenvalue weighted by molar-refractivity contribution is 7.96. The lowest BCUT2D eigenvalue weighted by Crippen LogP contribution is -2.29. The molecule has 1 amide bonds. The summed E-state index contributed by atoms with van der Waals surface area (Å²) in [5, 5.41) is 0. The highest BCUT2D eigenvalue weighted by atomic mass is 32.2. The van der Waals surface area contributed by atoms with Crippen LogP contribution in [-0.4, -0.2) is 23.3 Å². The van der Waals surface area contributed by atoms with E-state index >= 15 is 0 Å². The van der Waals surface area contributed by atoms with Crippen molar-refractivity contribution in [3.63, 3.8) is 0 Å². The third-order valence-electron chi connectivity index (χ3n) is 6.18. The molecule has 2 aliphatic rings. The van der Waals surface area contributed by atoms with Crippen LogP contribution in [0.4, 0.5) is 18.9 Å². The van der Waals surface area contributed by atoms with Crippen LogP contribution in [0.25, 0.3) is 11.1 Å². The molecule has 34 heavy (non-hydrogen) atoms. The number of aryl methyl sites for hydroxylation is 1. The SMILES string of the molecule is O=C1CN(Cc2ccc(-c3cccc(CN4CCCc5cc(C(F)(F)F)ccc54)c3)cc2)SN1. The second-order valence-electron chi connectivity index (χ2n) is 8.68. The van der Waals surface area contributed by atoms with Gasteiger partial charge in [0.1, 0.15) is 0 Å². The third-order valence-corrected chi connectivity index (χ3v) is 7.01. The van der Waals surface area contributed by atoms with Crippen molar-refractivity contribution in [2.45, 2.75) is 32.1 Å². The first-order valence-corrected chi connectivity index (χ1v) is 12.0. The quantitative estimate of drug-likeness (QED) is 0.464. The van der Waals surface area contributed by atoms with Gasteiger partial charge in [-0.2, -0.15) is 13.2 Å². The summed E-state index contributed by atoms with van der Waals surface area (Å²) in [6.07, 6.45) is -2.81. The van der Waals surface area contributed by atoms with Crippen molar-refractivity contribution >= 4 is 23.7 Å². The van der Waals surface area contributed by atoms with E-state index in [4.69, 9.17) is 0 Å². The number of carbonyl (C=O) groups excluding carboxylic acids is 1. The molecule has 1 N–H and O–H groups in total. The van der Waals surface area contributed by atoms with Crippen molar-refractivity contribution in [1.29, 1.82) is 0 Å². The molecule has 3 aromatic rings. The number of nitrogens with one attached hydrogen (secondary N) is 1. The van der Waals surface area contributed by atoms with E-state index in [1.54, 1.807) is 6.07 Å². The number of rotatable bonds is 5. The molecule has 4 nitrogen and oxygen atoms in total. The van der Waals surface area contributed by atoms with Crippen LogP contribution < -0.4 is 9.62 Å². The molecule has 0 aliphatic carbocycles. The van der Waals surface area contributed by atoms with Gasteiger partial charge in [-0.15, -0.1) is 0 Å². The Bertz CT molecular complexity index is 1200. The second-order valence-corrected chi connectivity index (χ2v) is 9.58. The number of hydrogen-bond donors (Lipinski definition) is 1. The van der Waals surface area contributed by atoms with Crippen LogP contribution in [0.3, 0.4) is 0 Å². The fraction of sp³-hybridized carbons (Fsp3) is 0.269. The Morgan fingerprint density at radius 3 is 2.47 bits per heavy atom. The summed E-state index contributed by atoms with van der Waals surface area (Å²) in [4.78, 5) is 13.5. The van der Waals surface area contributed by atoms with Crippen molar-refractivity contribution in [2.24, 2.45) is 0 Å². The zero-order valence-corrected chi connectivity index (χ0v) is 19.3. The molecule has 1 saturated heterocycles. The summed E-state index contributed by atoms with van der Waals surface area (Å²) in [5.41, 5.74) is 5.52. The molecule has 0 saturated carbocycles. The van der Waals surface area contributed by atoms with Gasteiger partial charge in [0.25, 0.3) is 0 Å². The Morgan fingerprint density at radius 2 is 1.74 bits per heavy atom. The molecule has 8 heteroatoms. The van der Waals surface area contributed by atoms with Gasteiger partial charge in [-0.3, -0.25) is 9.52 Å². The van der Waals surface area contributed by atoms with Crippen LogP contribution in [0.15, 0.2) is 66.7 Å². The molecule has 2 heterocycles. The second kappa shape index (κ2) is 9.35. The van der Waals surface area contributed by atoms with E-state index in [1.165, 1.54) is 24.3 Å². The Labute approximate surface area is 201 Å². The molecule has 5 rings (SSSR count). The van der Waals surface area contributed by atoms with Crippen LogP contribution in [0.1, 0.15) is 28.7 Å². The highest BCUT2D eigenvalue weighted by Gasteiger charge is 2.32. The summed E-state index contributed by atoms with van der Waals surface area (Å²) in [7, 11) is 0. The summed E-state index contributed by atoms with van der Waals surface area (Å²) in [6, 6.07) is 20.7. The lowest BCUT2D eigenvalue weighted by atomic mass is 9.97. The largest absolute Gasteiger partial charge is 0.416 e. The van der Waals surface area contributed by atoms with Crippen molar-refractivity contribution in [1.82, 2.24) is 9.03 Å². The highest BCUT2D eigenvalue weighted by Crippen LogP contribution is 2.36. The molecule has 0 atom stereocenters. The average Bonchev–Trinajstić information content (AvgIpc) is 3.23. The number of hydrogen-bond acceptors (Lipinski definition) is 4. The van der Waals surface area contributed by atoms with Crippen LogP contribution in [0, 0.1) is 0 Å². The molecular formula is C26H24F3N3OS. The molecule has 0 aromatic heterocycles. The van der Waals surface area contributed by atoms with Gasteiger partial charge >= 0.3 is 6.18 Å². The number of benzene rings is 3. The van der Waals surface area contributed by atoms with Crippen molar-refractivity contribution < 1.29 is 18.0 Å². The normalized spacial score (nSPS) is 16.4. The monoisotopic (exact) mass is 483 g/mol. The van der Waals surface area contributed by atoms with Gasteiger partial charge in [-0.05, 0) is 64.9 Å². The molecule has 0 unspecified atom stereocenters. The Balaban J connectivity index is 1.30. The number of amides is 1. The number of fused-ring (bicyclic) bond motifs is 1. The third kappa shape index (κ3) is 5.08. The van der Waals surface area contributed by atoms with Crippen molar-refractivity contribution in [3.05, 3.63) is 89.0 Å². The minimum absolute atomic E-state index is 0.0237. The number of alkyl halides is 3. The smallest absolute Gasteiger partial charge is 0.367 e. The molecule has 0 spiro atoms. The molecule has 176 valence electrons. The predicted octanol–water partition coefficient (Wildman–Crippen LogP) is 5.82. The van der Waals surface area contributed by atoms with Gasteiger partial charge in [0, 0.05) is 37.5 Å². The number of halogens is 3. The van der Waals surface area contributed by atoms with E-state index in [9.17, 15) is 18.0 Å². The van der Waals surface area contributed by atoms with E-state index in [-0.39, 0.29) is 5.91 Å². The summed E-state index contributed by atoms with van der Waals surface area (Å²) >= 11 is 1.33. The minimum Gasteiger partial charge on any atom is -0.367 e. The first-order valence-electron chi connectivity index (χ1n) is 11.2. The van der Waals surface area contributed by atoms with Gasteiger partial charge < -0.3 is 4.90 Å².